The summed E-state index contributed by atoms with van der Waals surface area (Å²) in [4.78, 5) is 10.00. The number of anilines is 1. The van der Waals surface area contributed by atoms with Crippen molar-refractivity contribution in [3.63, 3.8) is 0 Å². The van der Waals surface area contributed by atoms with Gasteiger partial charge in [0.15, 0.2) is 0 Å². The number of likely N-dealkylation sites (N-methyl/N-ethyl adjacent to an activating group) is 1. The molecule has 0 N–H and O–H groups in total. The van der Waals surface area contributed by atoms with Crippen molar-refractivity contribution in [2.24, 2.45) is 4.99 Å². The Morgan fingerprint density at radius 1 is 0.833 bits per heavy atom. The summed E-state index contributed by atoms with van der Waals surface area (Å²) in [5.41, 5.74) is 5.12. The first-order valence-electron chi connectivity index (χ1n) is 10.8. The van der Waals surface area contributed by atoms with Gasteiger partial charge in [0, 0.05) is 18.8 Å². The Bertz CT molecular complexity index is 962. The predicted molar refractivity (Wildman–Crippen MR) is 127 cm³/mol. The number of hydrogen-bond donors (Lipinski definition) is 0. The van der Waals surface area contributed by atoms with Crippen LogP contribution in [-0.2, 0) is 6.54 Å². The molecular formula is C27H31N3. The van der Waals surface area contributed by atoms with Gasteiger partial charge in [0.2, 0.25) is 0 Å². The molecule has 1 atom stereocenters. The van der Waals surface area contributed by atoms with Gasteiger partial charge in [-0.15, -0.1) is 0 Å². The molecule has 0 aliphatic carbocycles. The van der Waals surface area contributed by atoms with Gasteiger partial charge in [0.1, 0.15) is 5.84 Å². The van der Waals surface area contributed by atoms with Crippen molar-refractivity contribution >= 4 is 11.5 Å². The maximum absolute atomic E-state index is 5.18. The fourth-order valence-corrected chi connectivity index (χ4v) is 4.11. The SMILES string of the molecule is CC(C)c1ccc(C2C(=NCc3ccccc3)N(c3ccccc3)CCN2C)cc1. The van der Waals surface area contributed by atoms with Gasteiger partial charge in [-0.1, -0.05) is 86.6 Å². The van der Waals surface area contributed by atoms with E-state index in [0.717, 1.165) is 18.9 Å². The number of rotatable bonds is 5. The van der Waals surface area contributed by atoms with E-state index < -0.39 is 0 Å². The summed E-state index contributed by atoms with van der Waals surface area (Å²) in [5, 5.41) is 0. The highest BCUT2D eigenvalue weighted by Gasteiger charge is 2.32. The Kier molecular flexibility index (Phi) is 6.29. The number of piperazine rings is 1. The Labute approximate surface area is 180 Å². The predicted octanol–water partition coefficient (Wildman–Crippen LogP) is 5.90. The topological polar surface area (TPSA) is 18.8 Å². The van der Waals surface area contributed by atoms with Crippen LogP contribution in [0.3, 0.4) is 0 Å². The van der Waals surface area contributed by atoms with E-state index in [4.69, 9.17) is 4.99 Å². The highest BCUT2D eigenvalue weighted by molar-refractivity contribution is 6.02. The molecule has 1 heterocycles. The van der Waals surface area contributed by atoms with Crippen molar-refractivity contribution in [1.82, 2.24) is 4.90 Å². The number of nitrogens with zero attached hydrogens (tertiary/aromatic N) is 3. The van der Waals surface area contributed by atoms with Crippen LogP contribution in [-0.4, -0.2) is 30.9 Å². The minimum Gasteiger partial charge on any atom is -0.327 e. The molecule has 4 rings (SSSR count). The van der Waals surface area contributed by atoms with Gasteiger partial charge >= 0.3 is 0 Å². The number of amidine groups is 1. The molecule has 0 radical (unpaired) electrons. The van der Waals surface area contributed by atoms with Crippen LogP contribution in [0, 0.1) is 0 Å². The van der Waals surface area contributed by atoms with Gasteiger partial charge in [-0.3, -0.25) is 9.89 Å². The summed E-state index contributed by atoms with van der Waals surface area (Å²) in [6.45, 7) is 7.11. The first kappa shape index (κ1) is 20.4. The Hall–Kier alpha value is -2.91. The summed E-state index contributed by atoms with van der Waals surface area (Å²) in [7, 11) is 2.21. The first-order chi connectivity index (χ1) is 14.6. The molecule has 154 valence electrons. The maximum atomic E-state index is 5.18. The molecule has 1 fully saturated rings. The van der Waals surface area contributed by atoms with Crippen molar-refractivity contribution in [3.8, 4) is 0 Å². The minimum atomic E-state index is 0.142. The molecule has 0 amide bonds. The summed E-state index contributed by atoms with van der Waals surface area (Å²) in [6.07, 6.45) is 0. The molecule has 3 heteroatoms. The molecule has 1 aliphatic rings. The van der Waals surface area contributed by atoms with E-state index in [1.807, 2.05) is 0 Å². The molecule has 3 aromatic carbocycles. The molecule has 0 spiro atoms. The molecule has 1 saturated heterocycles. The highest BCUT2D eigenvalue weighted by atomic mass is 15.3. The molecule has 3 aromatic rings. The molecule has 1 aliphatic heterocycles. The van der Waals surface area contributed by atoms with Crippen molar-refractivity contribution in [3.05, 3.63) is 102 Å². The van der Waals surface area contributed by atoms with Crippen molar-refractivity contribution in [2.45, 2.75) is 32.4 Å². The lowest BCUT2D eigenvalue weighted by atomic mass is 9.96. The highest BCUT2D eigenvalue weighted by Crippen LogP contribution is 2.31. The van der Waals surface area contributed by atoms with Gasteiger partial charge in [-0.05, 0) is 41.8 Å². The Balaban J connectivity index is 1.74. The van der Waals surface area contributed by atoms with Crippen LogP contribution in [0.25, 0.3) is 0 Å². The van der Waals surface area contributed by atoms with E-state index in [1.165, 1.54) is 22.4 Å². The first-order valence-corrected chi connectivity index (χ1v) is 10.8. The average molecular weight is 398 g/mol. The summed E-state index contributed by atoms with van der Waals surface area (Å²) in [6, 6.07) is 30.4. The maximum Gasteiger partial charge on any atom is 0.126 e. The molecule has 3 nitrogen and oxygen atoms in total. The van der Waals surface area contributed by atoms with E-state index in [-0.39, 0.29) is 6.04 Å². The van der Waals surface area contributed by atoms with E-state index in [2.05, 4.69) is 116 Å². The van der Waals surface area contributed by atoms with Crippen LogP contribution >= 0.6 is 0 Å². The van der Waals surface area contributed by atoms with Crippen molar-refractivity contribution in [2.75, 3.05) is 25.0 Å². The van der Waals surface area contributed by atoms with Crippen LogP contribution in [0.4, 0.5) is 5.69 Å². The fourth-order valence-electron chi connectivity index (χ4n) is 4.11. The lowest BCUT2D eigenvalue weighted by Gasteiger charge is -2.42. The van der Waals surface area contributed by atoms with Gasteiger partial charge in [-0.2, -0.15) is 0 Å². The number of benzene rings is 3. The lowest BCUT2D eigenvalue weighted by molar-refractivity contribution is 0.289. The second-order valence-electron chi connectivity index (χ2n) is 8.35. The summed E-state index contributed by atoms with van der Waals surface area (Å²) < 4.78 is 0. The quantitative estimate of drug-likeness (QED) is 0.534. The third-order valence-corrected chi connectivity index (χ3v) is 5.89. The molecule has 0 bridgehead atoms. The minimum absolute atomic E-state index is 0.142. The Morgan fingerprint density at radius 2 is 1.47 bits per heavy atom. The van der Waals surface area contributed by atoms with Gasteiger partial charge in [0.25, 0.3) is 0 Å². The molecule has 0 aromatic heterocycles. The zero-order chi connectivity index (χ0) is 20.9. The van der Waals surface area contributed by atoms with Crippen LogP contribution in [0.2, 0.25) is 0 Å². The normalized spacial score (nSPS) is 18.9. The van der Waals surface area contributed by atoms with E-state index in [9.17, 15) is 0 Å². The van der Waals surface area contributed by atoms with E-state index >= 15 is 0 Å². The second-order valence-corrected chi connectivity index (χ2v) is 8.35. The number of hydrogen-bond acceptors (Lipinski definition) is 2. The molecular weight excluding hydrogens is 366 g/mol. The average Bonchev–Trinajstić information content (AvgIpc) is 2.79. The monoisotopic (exact) mass is 397 g/mol. The zero-order valence-electron chi connectivity index (χ0n) is 18.2. The third-order valence-electron chi connectivity index (χ3n) is 5.89. The second kappa shape index (κ2) is 9.27. The third kappa shape index (κ3) is 4.47. The lowest BCUT2D eigenvalue weighted by Crippen LogP contribution is -2.51. The molecule has 1 unspecified atom stereocenters. The van der Waals surface area contributed by atoms with Crippen molar-refractivity contribution < 1.29 is 0 Å². The van der Waals surface area contributed by atoms with Gasteiger partial charge < -0.3 is 4.90 Å². The van der Waals surface area contributed by atoms with Gasteiger partial charge in [0.05, 0.1) is 12.6 Å². The fraction of sp³-hybridized carbons (Fsp3) is 0.296. The van der Waals surface area contributed by atoms with E-state index in [1.54, 1.807) is 0 Å². The van der Waals surface area contributed by atoms with Crippen molar-refractivity contribution in [1.29, 1.82) is 0 Å². The summed E-state index contributed by atoms with van der Waals surface area (Å²) in [5.74, 6) is 1.66. The zero-order valence-corrected chi connectivity index (χ0v) is 18.2. The van der Waals surface area contributed by atoms with Gasteiger partial charge in [-0.25, -0.2) is 0 Å². The standard InChI is InChI=1S/C27H31N3/c1-21(2)23-14-16-24(17-15-23)26-27(28-20-22-10-6-4-7-11-22)30(19-18-29(26)3)25-12-8-5-9-13-25/h4-17,21,26H,18-20H2,1-3H3. The Morgan fingerprint density at radius 3 is 2.10 bits per heavy atom. The number of para-hydroxylation sites is 1. The number of aliphatic imine (C=N–C) groups is 1. The molecule has 30 heavy (non-hydrogen) atoms. The van der Waals surface area contributed by atoms with Crippen LogP contribution in [0.5, 0.6) is 0 Å². The van der Waals surface area contributed by atoms with Crippen LogP contribution in [0.15, 0.2) is 89.9 Å². The smallest absolute Gasteiger partial charge is 0.126 e. The van der Waals surface area contributed by atoms with Crippen LogP contribution < -0.4 is 4.90 Å². The largest absolute Gasteiger partial charge is 0.327 e. The molecule has 0 saturated carbocycles. The summed E-state index contributed by atoms with van der Waals surface area (Å²) >= 11 is 0. The van der Waals surface area contributed by atoms with Crippen LogP contribution in [0.1, 0.15) is 42.5 Å². The van der Waals surface area contributed by atoms with E-state index in [0.29, 0.717) is 12.5 Å².